The number of anilines is 3. The molecule has 0 spiro atoms. The summed E-state index contributed by atoms with van der Waals surface area (Å²) >= 11 is 0. The topological polar surface area (TPSA) is 76.4 Å². The van der Waals surface area contributed by atoms with Crippen LogP contribution in [0.2, 0.25) is 0 Å². The smallest absolute Gasteiger partial charge is 0.323 e. The van der Waals surface area contributed by atoms with Crippen molar-refractivity contribution in [3.8, 4) is 5.75 Å². The molecule has 0 aromatic heterocycles. The molecule has 2 rings (SSSR count). The van der Waals surface area contributed by atoms with Crippen LogP contribution in [0.4, 0.5) is 21.9 Å². The molecule has 0 aliphatic rings. The van der Waals surface area contributed by atoms with Gasteiger partial charge >= 0.3 is 6.03 Å². The van der Waals surface area contributed by atoms with E-state index < -0.39 is 0 Å². The number of hydrogen-bond acceptors (Lipinski definition) is 3. The highest BCUT2D eigenvalue weighted by molar-refractivity contribution is 6.00. The Hall–Kier alpha value is -2.69. The van der Waals surface area contributed by atoms with Crippen molar-refractivity contribution in [2.24, 2.45) is 0 Å². The summed E-state index contributed by atoms with van der Waals surface area (Å²) in [4.78, 5) is 11.9. The number of carbonyl (C=O) groups excluding carboxylic acids is 1. The molecule has 0 heterocycles. The second-order valence-electron chi connectivity index (χ2n) is 4.33. The molecule has 0 saturated heterocycles. The fraction of sp³-hybridized carbons (Fsp3) is 0.133. The molecule has 0 fully saturated rings. The van der Waals surface area contributed by atoms with E-state index >= 15 is 0 Å². The second kappa shape index (κ2) is 5.97. The molecule has 104 valence electrons. The average Bonchev–Trinajstić information content (AvgIpc) is 2.44. The summed E-state index contributed by atoms with van der Waals surface area (Å²) in [6, 6.07) is 12.2. The van der Waals surface area contributed by atoms with Crippen LogP contribution < -0.4 is 21.1 Å². The predicted octanol–water partition coefficient (Wildman–Crippen LogP) is 3.23. The van der Waals surface area contributed by atoms with Gasteiger partial charge in [0.05, 0.1) is 7.11 Å². The molecule has 0 saturated carbocycles. The maximum atomic E-state index is 11.9. The van der Waals surface area contributed by atoms with E-state index in [1.54, 1.807) is 43.5 Å². The lowest BCUT2D eigenvalue weighted by atomic mass is 10.1. The highest BCUT2D eigenvalue weighted by Gasteiger charge is 2.06. The van der Waals surface area contributed by atoms with Crippen molar-refractivity contribution in [1.82, 2.24) is 0 Å². The number of nitrogens with two attached hydrogens (primary N) is 1. The molecule has 5 heteroatoms. The Morgan fingerprint density at radius 3 is 2.65 bits per heavy atom. The number of amides is 2. The lowest BCUT2D eigenvalue weighted by Gasteiger charge is -2.11. The molecule has 2 amide bonds. The molecular weight excluding hydrogens is 254 g/mol. The molecule has 0 aliphatic heterocycles. The summed E-state index contributed by atoms with van der Waals surface area (Å²) in [6.45, 7) is 1.86. The molecule has 4 N–H and O–H groups in total. The first-order valence-corrected chi connectivity index (χ1v) is 6.17. The minimum Gasteiger partial charge on any atom is -0.497 e. The van der Waals surface area contributed by atoms with Crippen LogP contribution in [0.1, 0.15) is 5.56 Å². The SMILES string of the molecule is COc1cccc(NC(=O)Nc2cccc(N)c2C)c1. The van der Waals surface area contributed by atoms with Gasteiger partial charge in [0.25, 0.3) is 0 Å². The summed E-state index contributed by atoms with van der Waals surface area (Å²) in [5, 5.41) is 5.51. The van der Waals surface area contributed by atoms with E-state index in [1.807, 2.05) is 13.0 Å². The molecular formula is C15H17N3O2. The van der Waals surface area contributed by atoms with Gasteiger partial charge in [0.15, 0.2) is 0 Å². The zero-order chi connectivity index (χ0) is 14.5. The third-order valence-corrected chi connectivity index (χ3v) is 2.95. The highest BCUT2D eigenvalue weighted by atomic mass is 16.5. The third kappa shape index (κ3) is 3.20. The normalized spacial score (nSPS) is 9.90. The fourth-order valence-corrected chi connectivity index (χ4v) is 1.77. The molecule has 0 bridgehead atoms. The quantitative estimate of drug-likeness (QED) is 0.750. The number of ether oxygens (including phenoxy) is 1. The van der Waals surface area contributed by atoms with Gasteiger partial charge in [-0.3, -0.25) is 0 Å². The number of nitrogens with one attached hydrogen (secondary N) is 2. The van der Waals surface area contributed by atoms with E-state index in [0.29, 0.717) is 22.8 Å². The van der Waals surface area contributed by atoms with E-state index in [1.165, 1.54) is 0 Å². The van der Waals surface area contributed by atoms with Crippen molar-refractivity contribution in [3.63, 3.8) is 0 Å². The fourth-order valence-electron chi connectivity index (χ4n) is 1.77. The largest absolute Gasteiger partial charge is 0.497 e. The number of carbonyl (C=O) groups is 1. The molecule has 2 aromatic carbocycles. The number of benzene rings is 2. The van der Waals surface area contributed by atoms with Crippen molar-refractivity contribution in [2.45, 2.75) is 6.92 Å². The first-order valence-electron chi connectivity index (χ1n) is 6.17. The number of urea groups is 1. The van der Waals surface area contributed by atoms with Crippen molar-refractivity contribution in [2.75, 3.05) is 23.5 Å². The molecule has 0 aliphatic carbocycles. The summed E-state index contributed by atoms with van der Waals surface area (Å²) < 4.78 is 5.10. The van der Waals surface area contributed by atoms with E-state index in [2.05, 4.69) is 10.6 Å². The number of nitrogen functional groups attached to an aromatic ring is 1. The Bertz CT molecular complexity index is 626. The number of hydrogen-bond donors (Lipinski definition) is 3. The van der Waals surface area contributed by atoms with Crippen molar-refractivity contribution in [1.29, 1.82) is 0 Å². The number of rotatable bonds is 3. The van der Waals surface area contributed by atoms with Gasteiger partial charge in [-0.2, -0.15) is 0 Å². The lowest BCUT2D eigenvalue weighted by molar-refractivity contribution is 0.262. The van der Waals surface area contributed by atoms with Crippen molar-refractivity contribution in [3.05, 3.63) is 48.0 Å². The van der Waals surface area contributed by atoms with Crippen LogP contribution in [0.15, 0.2) is 42.5 Å². The molecule has 0 atom stereocenters. The van der Waals surface area contributed by atoms with Gasteiger partial charge in [0.2, 0.25) is 0 Å². The minimum atomic E-state index is -0.327. The minimum absolute atomic E-state index is 0.327. The standard InChI is InChI=1S/C15H17N3O2/c1-10-13(16)7-4-8-14(10)18-15(19)17-11-5-3-6-12(9-11)20-2/h3-9H,16H2,1-2H3,(H2,17,18,19). The Labute approximate surface area is 117 Å². The van der Waals surface area contributed by atoms with Crippen molar-refractivity contribution >= 4 is 23.1 Å². The van der Waals surface area contributed by atoms with Crippen molar-refractivity contribution < 1.29 is 9.53 Å². The summed E-state index contributed by atoms with van der Waals surface area (Å²) in [5.41, 5.74) is 8.62. The van der Waals surface area contributed by atoms with Crippen LogP contribution in [0, 0.1) is 6.92 Å². The molecule has 2 aromatic rings. The van der Waals surface area contributed by atoms with Gasteiger partial charge in [-0.25, -0.2) is 4.79 Å². The Balaban J connectivity index is 2.07. The van der Waals surface area contributed by atoms with E-state index in [0.717, 1.165) is 5.56 Å². The van der Waals surface area contributed by atoms with Crippen LogP contribution in [-0.2, 0) is 0 Å². The van der Waals surface area contributed by atoms with Gasteiger partial charge in [-0.15, -0.1) is 0 Å². The zero-order valence-electron chi connectivity index (χ0n) is 11.4. The van der Waals surface area contributed by atoms with Crippen LogP contribution in [0.3, 0.4) is 0 Å². The Morgan fingerprint density at radius 2 is 1.90 bits per heavy atom. The van der Waals surface area contributed by atoms with Gasteiger partial charge in [0, 0.05) is 23.1 Å². The van der Waals surface area contributed by atoms with Gasteiger partial charge in [0.1, 0.15) is 5.75 Å². The van der Waals surface area contributed by atoms with Crippen LogP contribution in [0.25, 0.3) is 0 Å². The first-order chi connectivity index (χ1) is 9.60. The third-order valence-electron chi connectivity index (χ3n) is 2.95. The van der Waals surface area contributed by atoms with Gasteiger partial charge < -0.3 is 21.1 Å². The van der Waals surface area contributed by atoms with E-state index in [-0.39, 0.29) is 6.03 Å². The Morgan fingerprint density at radius 1 is 1.15 bits per heavy atom. The zero-order valence-corrected chi connectivity index (χ0v) is 11.4. The number of methoxy groups -OCH3 is 1. The summed E-state index contributed by atoms with van der Waals surface area (Å²) in [5.74, 6) is 0.683. The lowest BCUT2D eigenvalue weighted by Crippen LogP contribution is -2.20. The molecule has 20 heavy (non-hydrogen) atoms. The monoisotopic (exact) mass is 271 g/mol. The summed E-state index contributed by atoms with van der Waals surface area (Å²) in [7, 11) is 1.58. The maximum Gasteiger partial charge on any atom is 0.323 e. The average molecular weight is 271 g/mol. The molecule has 0 unspecified atom stereocenters. The first kappa shape index (κ1) is 13.7. The predicted molar refractivity (Wildman–Crippen MR) is 81.2 cm³/mol. The highest BCUT2D eigenvalue weighted by Crippen LogP contribution is 2.21. The van der Waals surface area contributed by atoms with Gasteiger partial charge in [-0.05, 0) is 36.8 Å². The van der Waals surface area contributed by atoms with Gasteiger partial charge in [-0.1, -0.05) is 12.1 Å². The Kier molecular flexibility index (Phi) is 4.10. The van der Waals surface area contributed by atoms with Crippen LogP contribution >= 0.6 is 0 Å². The molecule has 5 nitrogen and oxygen atoms in total. The molecule has 0 radical (unpaired) electrons. The second-order valence-corrected chi connectivity index (χ2v) is 4.33. The van der Waals surface area contributed by atoms with E-state index in [9.17, 15) is 4.79 Å². The maximum absolute atomic E-state index is 11.9. The van der Waals surface area contributed by atoms with Crippen LogP contribution in [-0.4, -0.2) is 13.1 Å². The van der Waals surface area contributed by atoms with E-state index in [4.69, 9.17) is 10.5 Å². The summed E-state index contributed by atoms with van der Waals surface area (Å²) in [6.07, 6.45) is 0. The van der Waals surface area contributed by atoms with Crippen LogP contribution in [0.5, 0.6) is 5.75 Å².